The monoisotopic (exact) mass is 439 g/mol. The maximum absolute atomic E-state index is 5.60. The Morgan fingerprint density at radius 2 is 1.91 bits per heavy atom. The van der Waals surface area contributed by atoms with Crippen molar-refractivity contribution in [3.05, 3.63) is 41.3 Å². The molecule has 0 atom stereocenters. The second kappa shape index (κ2) is 10.4. The Balaban J connectivity index is 1.33. The number of nitrogens with zero attached hydrogens (tertiary/aromatic N) is 5. The van der Waals surface area contributed by atoms with E-state index in [2.05, 4.69) is 42.7 Å². The van der Waals surface area contributed by atoms with Crippen LogP contribution in [0.4, 0.5) is 0 Å². The molecule has 1 saturated heterocycles. The van der Waals surface area contributed by atoms with Crippen molar-refractivity contribution in [1.29, 1.82) is 0 Å². The Bertz CT molecular complexity index is 894. The van der Waals surface area contributed by atoms with Crippen LogP contribution in [0.15, 0.2) is 29.4 Å². The van der Waals surface area contributed by atoms with E-state index in [9.17, 15) is 0 Å². The lowest BCUT2D eigenvalue weighted by molar-refractivity contribution is -0.0352. The van der Waals surface area contributed by atoms with Gasteiger partial charge in [0.2, 0.25) is 0 Å². The molecule has 2 fully saturated rings. The highest BCUT2D eigenvalue weighted by molar-refractivity contribution is 5.79. The number of ether oxygens (including phenoxy) is 1. The fraction of sp³-hybridized carbons (Fsp3) is 0.625. The quantitative estimate of drug-likeness (QED) is 0.532. The second-order valence-corrected chi connectivity index (χ2v) is 9.03. The summed E-state index contributed by atoms with van der Waals surface area (Å²) in [6, 6.07) is 6.17. The first kappa shape index (κ1) is 22.7. The van der Waals surface area contributed by atoms with Crippen LogP contribution in [0.1, 0.15) is 49.1 Å². The molecular formula is C24H37N7O. The van der Waals surface area contributed by atoms with Gasteiger partial charge in [-0.05, 0) is 44.4 Å². The van der Waals surface area contributed by atoms with Gasteiger partial charge in [0, 0.05) is 50.7 Å². The zero-order valence-corrected chi connectivity index (χ0v) is 19.7. The van der Waals surface area contributed by atoms with Crippen molar-refractivity contribution in [2.45, 2.75) is 58.0 Å². The summed E-state index contributed by atoms with van der Waals surface area (Å²) in [5.41, 5.74) is 3.40. The van der Waals surface area contributed by atoms with Crippen LogP contribution in [0.5, 0.6) is 0 Å². The predicted molar refractivity (Wildman–Crippen MR) is 127 cm³/mol. The molecule has 1 aliphatic carbocycles. The van der Waals surface area contributed by atoms with E-state index in [0.717, 1.165) is 61.6 Å². The zero-order chi connectivity index (χ0) is 22.4. The highest BCUT2D eigenvalue weighted by atomic mass is 16.5. The molecule has 0 unspecified atom stereocenters. The lowest BCUT2D eigenvalue weighted by Crippen LogP contribution is -2.60. The number of hydrogen-bond acceptors (Lipinski definition) is 5. The van der Waals surface area contributed by atoms with E-state index in [4.69, 9.17) is 4.74 Å². The van der Waals surface area contributed by atoms with E-state index in [0.29, 0.717) is 6.54 Å². The number of morpholine rings is 1. The molecule has 2 aromatic heterocycles. The summed E-state index contributed by atoms with van der Waals surface area (Å²) in [7, 11) is 1.84. The fourth-order valence-corrected chi connectivity index (χ4v) is 5.01. The van der Waals surface area contributed by atoms with Gasteiger partial charge in [0.25, 0.3) is 0 Å². The molecule has 2 N–H and O–H groups in total. The lowest BCUT2D eigenvalue weighted by Gasteiger charge is -2.48. The van der Waals surface area contributed by atoms with Crippen LogP contribution in [-0.4, -0.2) is 71.1 Å². The molecule has 32 heavy (non-hydrogen) atoms. The maximum Gasteiger partial charge on any atom is 0.191 e. The second-order valence-electron chi connectivity index (χ2n) is 9.03. The predicted octanol–water partition coefficient (Wildman–Crippen LogP) is 2.58. The largest absolute Gasteiger partial charge is 0.379 e. The summed E-state index contributed by atoms with van der Waals surface area (Å²) in [4.78, 5) is 11.7. The van der Waals surface area contributed by atoms with Gasteiger partial charge in [0.1, 0.15) is 0 Å². The topological polar surface area (TPSA) is 79.6 Å². The van der Waals surface area contributed by atoms with Gasteiger partial charge in [-0.1, -0.05) is 25.3 Å². The number of rotatable bonds is 6. The fourth-order valence-electron chi connectivity index (χ4n) is 5.01. The van der Waals surface area contributed by atoms with Crippen LogP contribution >= 0.6 is 0 Å². The summed E-state index contributed by atoms with van der Waals surface area (Å²) in [5.74, 6) is 1.68. The van der Waals surface area contributed by atoms with Crippen molar-refractivity contribution in [2.24, 2.45) is 4.99 Å². The van der Waals surface area contributed by atoms with Crippen molar-refractivity contribution in [3.8, 4) is 5.82 Å². The van der Waals surface area contributed by atoms with E-state index >= 15 is 0 Å². The average molecular weight is 440 g/mol. The molecule has 2 aromatic rings. The molecule has 8 nitrogen and oxygen atoms in total. The molecule has 174 valence electrons. The van der Waals surface area contributed by atoms with Crippen molar-refractivity contribution in [3.63, 3.8) is 0 Å². The van der Waals surface area contributed by atoms with E-state index in [1.54, 1.807) is 0 Å². The molecule has 0 spiro atoms. The Morgan fingerprint density at radius 1 is 1.12 bits per heavy atom. The number of aryl methyl sites for hydroxylation is 2. The standard InChI is InChI=1S/C24H37N7O/c1-19-15-20(2)31(29-19)22-8-7-21(16-26-22)17-27-23(25-3)28-18-24(9-5-4-6-10-24)30-11-13-32-14-12-30/h7-8,15-16H,4-6,9-14,17-18H2,1-3H3,(H2,25,27,28). The molecule has 0 bridgehead atoms. The molecule has 4 rings (SSSR count). The Morgan fingerprint density at radius 3 is 2.53 bits per heavy atom. The van der Waals surface area contributed by atoms with Gasteiger partial charge in [-0.3, -0.25) is 9.89 Å². The number of pyridine rings is 1. The highest BCUT2D eigenvalue weighted by Gasteiger charge is 2.38. The summed E-state index contributed by atoms with van der Waals surface area (Å²) in [6.07, 6.45) is 8.35. The Hall–Kier alpha value is -2.45. The van der Waals surface area contributed by atoms with Crippen LogP contribution in [0.3, 0.4) is 0 Å². The zero-order valence-electron chi connectivity index (χ0n) is 19.7. The molecule has 0 radical (unpaired) electrons. The van der Waals surface area contributed by atoms with Gasteiger partial charge >= 0.3 is 0 Å². The Kier molecular flexibility index (Phi) is 7.42. The number of guanidine groups is 1. The molecule has 2 aliphatic rings. The normalized spacial score (nSPS) is 19.7. The van der Waals surface area contributed by atoms with Crippen molar-refractivity contribution >= 4 is 5.96 Å². The lowest BCUT2D eigenvalue weighted by atomic mass is 9.80. The van der Waals surface area contributed by atoms with Gasteiger partial charge in [0.05, 0.1) is 18.9 Å². The number of hydrogen-bond donors (Lipinski definition) is 2. The van der Waals surface area contributed by atoms with E-state index in [1.165, 1.54) is 32.1 Å². The maximum atomic E-state index is 5.60. The summed E-state index contributed by atoms with van der Waals surface area (Å²) in [5, 5.41) is 11.6. The van der Waals surface area contributed by atoms with Crippen LogP contribution < -0.4 is 10.6 Å². The summed E-state index contributed by atoms with van der Waals surface area (Å²) < 4.78 is 7.48. The summed E-state index contributed by atoms with van der Waals surface area (Å²) in [6.45, 7) is 9.38. The molecule has 0 amide bonds. The van der Waals surface area contributed by atoms with Crippen molar-refractivity contribution in [2.75, 3.05) is 39.9 Å². The van der Waals surface area contributed by atoms with Crippen molar-refractivity contribution in [1.82, 2.24) is 30.3 Å². The molecule has 0 aromatic carbocycles. The smallest absolute Gasteiger partial charge is 0.191 e. The first-order chi connectivity index (χ1) is 15.6. The van der Waals surface area contributed by atoms with Crippen molar-refractivity contribution < 1.29 is 4.74 Å². The number of aromatic nitrogens is 3. The van der Waals surface area contributed by atoms with Crippen LogP contribution in [0.2, 0.25) is 0 Å². The third-order valence-corrected chi connectivity index (χ3v) is 6.77. The first-order valence-corrected chi connectivity index (χ1v) is 11.9. The molecule has 8 heteroatoms. The Labute approximate surface area is 191 Å². The first-order valence-electron chi connectivity index (χ1n) is 11.9. The van der Waals surface area contributed by atoms with Gasteiger partial charge in [0.15, 0.2) is 11.8 Å². The molecular weight excluding hydrogens is 402 g/mol. The van der Waals surface area contributed by atoms with E-state index in [-0.39, 0.29) is 5.54 Å². The minimum absolute atomic E-state index is 0.211. The van der Waals surface area contributed by atoms with E-state index in [1.807, 2.05) is 37.8 Å². The third kappa shape index (κ3) is 5.30. The minimum atomic E-state index is 0.211. The highest BCUT2D eigenvalue weighted by Crippen LogP contribution is 2.33. The molecule has 1 aliphatic heterocycles. The van der Waals surface area contributed by atoms with Gasteiger partial charge in [-0.15, -0.1) is 0 Å². The van der Waals surface area contributed by atoms with Gasteiger partial charge in [-0.2, -0.15) is 5.10 Å². The molecule has 1 saturated carbocycles. The van der Waals surface area contributed by atoms with Crippen LogP contribution in [-0.2, 0) is 11.3 Å². The summed E-state index contributed by atoms with van der Waals surface area (Å²) >= 11 is 0. The van der Waals surface area contributed by atoms with E-state index < -0.39 is 0 Å². The molecule has 3 heterocycles. The average Bonchev–Trinajstić information content (AvgIpc) is 3.18. The third-order valence-electron chi connectivity index (χ3n) is 6.77. The SMILES string of the molecule is CN=C(NCc1ccc(-n2nc(C)cc2C)nc1)NCC1(N2CCOCC2)CCCCC1. The minimum Gasteiger partial charge on any atom is -0.379 e. The number of nitrogens with one attached hydrogen (secondary N) is 2. The van der Waals surface area contributed by atoms with Gasteiger partial charge < -0.3 is 15.4 Å². The van der Waals surface area contributed by atoms with Crippen LogP contribution in [0, 0.1) is 13.8 Å². The van der Waals surface area contributed by atoms with Crippen LogP contribution in [0.25, 0.3) is 5.82 Å². The number of aliphatic imine (C=N–C) groups is 1. The van der Waals surface area contributed by atoms with Gasteiger partial charge in [-0.25, -0.2) is 9.67 Å².